The van der Waals surface area contributed by atoms with Crippen molar-refractivity contribution >= 4 is 16.8 Å². The molecule has 146 valence electrons. The van der Waals surface area contributed by atoms with Gasteiger partial charge in [0, 0.05) is 53.8 Å². The second kappa shape index (κ2) is 9.69. The molecule has 3 rings (SSSR count). The van der Waals surface area contributed by atoms with E-state index in [4.69, 9.17) is 0 Å². The van der Waals surface area contributed by atoms with Crippen LogP contribution < -0.4 is 10.6 Å². The maximum absolute atomic E-state index is 12.1. The van der Waals surface area contributed by atoms with Crippen LogP contribution >= 0.6 is 0 Å². The predicted octanol–water partition coefficient (Wildman–Crippen LogP) is 2.62. The summed E-state index contributed by atoms with van der Waals surface area (Å²) >= 11 is 0. The van der Waals surface area contributed by atoms with E-state index in [9.17, 15) is 4.21 Å². The summed E-state index contributed by atoms with van der Waals surface area (Å²) in [6, 6.07) is 10.5. The SMILES string of the molecule is CCS(=O)C1CCCC(NC(=NC)NCc2cccc(-n3cccn3)c2)C1. The van der Waals surface area contributed by atoms with Crippen LogP contribution in [0.25, 0.3) is 5.69 Å². The molecule has 0 bridgehead atoms. The van der Waals surface area contributed by atoms with E-state index in [1.165, 1.54) is 5.56 Å². The fraction of sp³-hybridized carbons (Fsp3) is 0.500. The molecule has 1 heterocycles. The molecule has 1 aliphatic carbocycles. The lowest BCUT2D eigenvalue weighted by Gasteiger charge is -2.30. The largest absolute Gasteiger partial charge is 0.354 e. The minimum atomic E-state index is -0.710. The van der Waals surface area contributed by atoms with Crippen molar-refractivity contribution in [2.75, 3.05) is 12.8 Å². The number of guanidine groups is 1. The fourth-order valence-corrected chi connectivity index (χ4v) is 4.90. The van der Waals surface area contributed by atoms with Gasteiger partial charge in [0.05, 0.1) is 5.69 Å². The Morgan fingerprint density at radius 3 is 3.00 bits per heavy atom. The second-order valence-corrected chi connectivity index (χ2v) is 8.85. The molecule has 27 heavy (non-hydrogen) atoms. The zero-order valence-electron chi connectivity index (χ0n) is 16.1. The Balaban J connectivity index is 1.55. The van der Waals surface area contributed by atoms with Crippen LogP contribution in [0.1, 0.15) is 38.2 Å². The van der Waals surface area contributed by atoms with Crippen LogP contribution in [-0.2, 0) is 17.3 Å². The molecule has 1 aliphatic rings. The van der Waals surface area contributed by atoms with Gasteiger partial charge in [-0.25, -0.2) is 4.68 Å². The molecule has 2 N–H and O–H groups in total. The predicted molar refractivity (Wildman–Crippen MR) is 112 cm³/mol. The van der Waals surface area contributed by atoms with Crippen molar-refractivity contribution in [2.45, 2.75) is 50.4 Å². The first kappa shape index (κ1) is 19.6. The van der Waals surface area contributed by atoms with Crippen LogP contribution in [0, 0.1) is 0 Å². The molecule has 2 aromatic rings. The standard InChI is InChI=1S/C20H29N5OS/c1-3-27(26)19-10-5-8-17(14-19)24-20(21-2)22-15-16-7-4-9-18(13-16)25-12-6-11-23-25/h4,6-7,9,11-13,17,19H,3,5,8,10,14-15H2,1-2H3,(H2,21,22,24). The lowest BCUT2D eigenvalue weighted by atomic mass is 9.95. The minimum Gasteiger partial charge on any atom is -0.354 e. The molecule has 0 amide bonds. The third-order valence-corrected chi connectivity index (χ3v) is 6.73. The maximum Gasteiger partial charge on any atom is 0.191 e. The van der Waals surface area contributed by atoms with Crippen LogP contribution in [-0.4, -0.2) is 44.0 Å². The third kappa shape index (κ3) is 5.42. The van der Waals surface area contributed by atoms with E-state index < -0.39 is 10.8 Å². The molecule has 1 aromatic carbocycles. The Morgan fingerprint density at radius 1 is 1.37 bits per heavy atom. The molecule has 3 unspecified atom stereocenters. The lowest BCUT2D eigenvalue weighted by Crippen LogP contribution is -2.46. The zero-order valence-corrected chi connectivity index (χ0v) is 16.9. The Morgan fingerprint density at radius 2 is 2.26 bits per heavy atom. The summed E-state index contributed by atoms with van der Waals surface area (Å²) in [7, 11) is 1.08. The smallest absolute Gasteiger partial charge is 0.191 e. The van der Waals surface area contributed by atoms with Gasteiger partial charge in [-0.15, -0.1) is 0 Å². The Labute approximate surface area is 163 Å². The lowest BCUT2D eigenvalue weighted by molar-refractivity contribution is 0.413. The van der Waals surface area contributed by atoms with Crippen molar-refractivity contribution in [1.82, 2.24) is 20.4 Å². The quantitative estimate of drug-likeness (QED) is 0.590. The van der Waals surface area contributed by atoms with Crippen molar-refractivity contribution < 1.29 is 4.21 Å². The maximum atomic E-state index is 12.1. The first-order valence-electron chi connectivity index (χ1n) is 9.63. The minimum absolute atomic E-state index is 0.310. The number of aliphatic imine (C=N–C) groups is 1. The molecule has 0 spiro atoms. The molecule has 3 atom stereocenters. The van der Waals surface area contributed by atoms with Crippen molar-refractivity contribution in [1.29, 1.82) is 0 Å². The van der Waals surface area contributed by atoms with Gasteiger partial charge in [-0.05, 0) is 43.0 Å². The molecule has 0 radical (unpaired) electrons. The van der Waals surface area contributed by atoms with E-state index >= 15 is 0 Å². The van der Waals surface area contributed by atoms with Gasteiger partial charge >= 0.3 is 0 Å². The van der Waals surface area contributed by atoms with Gasteiger partial charge in [-0.3, -0.25) is 9.20 Å². The van der Waals surface area contributed by atoms with Crippen molar-refractivity contribution in [3.8, 4) is 5.69 Å². The van der Waals surface area contributed by atoms with E-state index in [0.29, 0.717) is 17.8 Å². The van der Waals surface area contributed by atoms with Gasteiger partial charge in [-0.2, -0.15) is 5.10 Å². The Bertz CT molecular complexity index is 774. The topological polar surface area (TPSA) is 71.3 Å². The van der Waals surface area contributed by atoms with Crippen molar-refractivity contribution in [3.63, 3.8) is 0 Å². The highest BCUT2D eigenvalue weighted by Gasteiger charge is 2.25. The summed E-state index contributed by atoms with van der Waals surface area (Å²) in [6.45, 7) is 2.69. The van der Waals surface area contributed by atoms with Gasteiger partial charge in [0.2, 0.25) is 0 Å². The van der Waals surface area contributed by atoms with E-state index in [2.05, 4.69) is 32.9 Å². The molecule has 7 heteroatoms. The highest BCUT2D eigenvalue weighted by molar-refractivity contribution is 7.85. The second-order valence-electron chi connectivity index (χ2n) is 6.85. The average Bonchev–Trinajstić information content (AvgIpc) is 3.26. The molecule has 0 aliphatic heterocycles. The summed E-state index contributed by atoms with van der Waals surface area (Å²) in [5.41, 5.74) is 2.21. The number of benzene rings is 1. The van der Waals surface area contributed by atoms with Crippen LogP contribution in [0.4, 0.5) is 0 Å². The van der Waals surface area contributed by atoms with E-state index in [1.54, 1.807) is 13.2 Å². The van der Waals surface area contributed by atoms with E-state index in [1.807, 2.05) is 36.0 Å². The fourth-order valence-electron chi connectivity index (χ4n) is 3.55. The first-order valence-corrected chi connectivity index (χ1v) is 11.0. The number of rotatable bonds is 6. The number of hydrogen-bond acceptors (Lipinski definition) is 3. The van der Waals surface area contributed by atoms with E-state index in [0.717, 1.165) is 43.1 Å². The van der Waals surface area contributed by atoms with Gasteiger partial charge in [0.15, 0.2) is 5.96 Å². The number of aromatic nitrogens is 2. The summed E-state index contributed by atoms with van der Waals surface area (Å²) in [5.74, 6) is 1.55. The molecular formula is C20H29N5OS. The van der Waals surface area contributed by atoms with Gasteiger partial charge in [0.25, 0.3) is 0 Å². The first-order chi connectivity index (χ1) is 13.2. The van der Waals surface area contributed by atoms with Crippen molar-refractivity contribution in [2.24, 2.45) is 4.99 Å². The molecule has 1 fully saturated rings. The molecule has 0 saturated heterocycles. The van der Waals surface area contributed by atoms with Gasteiger partial charge in [0.1, 0.15) is 0 Å². The number of nitrogens with one attached hydrogen (secondary N) is 2. The number of nitrogens with zero attached hydrogens (tertiary/aromatic N) is 3. The third-order valence-electron chi connectivity index (χ3n) is 4.99. The average molecular weight is 388 g/mol. The molecule has 1 aromatic heterocycles. The van der Waals surface area contributed by atoms with Crippen molar-refractivity contribution in [3.05, 3.63) is 48.3 Å². The summed E-state index contributed by atoms with van der Waals surface area (Å²) in [6.07, 6.45) is 7.97. The molecule has 1 saturated carbocycles. The Hall–Kier alpha value is -2.15. The van der Waals surface area contributed by atoms with Gasteiger partial charge < -0.3 is 10.6 Å². The highest BCUT2D eigenvalue weighted by Crippen LogP contribution is 2.23. The highest BCUT2D eigenvalue weighted by atomic mass is 32.2. The van der Waals surface area contributed by atoms with Crippen LogP contribution in [0.2, 0.25) is 0 Å². The molecular weight excluding hydrogens is 358 g/mol. The van der Waals surface area contributed by atoms with Crippen LogP contribution in [0.15, 0.2) is 47.7 Å². The monoisotopic (exact) mass is 387 g/mol. The van der Waals surface area contributed by atoms with E-state index in [-0.39, 0.29) is 0 Å². The summed E-state index contributed by atoms with van der Waals surface area (Å²) in [4.78, 5) is 4.36. The Kier molecular flexibility index (Phi) is 7.04. The van der Waals surface area contributed by atoms with Gasteiger partial charge in [-0.1, -0.05) is 25.5 Å². The normalized spacial score (nSPS) is 21.6. The summed E-state index contributed by atoms with van der Waals surface area (Å²) < 4.78 is 14.0. The zero-order chi connectivity index (χ0) is 19.1. The van der Waals surface area contributed by atoms with Crippen LogP contribution in [0.5, 0.6) is 0 Å². The number of hydrogen-bond donors (Lipinski definition) is 2. The molecule has 6 nitrogen and oxygen atoms in total. The van der Waals surface area contributed by atoms with Crippen LogP contribution in [0.3, 0.4) is 0 Å². The summed E-state index contributed by atoms with van der Waals surface area (Å²) in [5, 5.41) is 11.5.